The average Bonchev–Trinajstić information content (AvgIpc) is 2.60. The first-order valence-electron chi connectivity index (χ1n) is 7.10. The molecule has 26 heavy (non-hydrogen) atoms. The van der Waals surface area contributed by atoms with Gasteiger partial charge in [-0.15, -0.1) is 5.11 Å². The number of benzene rings is 3. The molecule has 0 saturated heterocycles. The zero-order valence-electron chi connectivity index (χ0n) is 12.9. The van der Waals surface area contributed by atoms with Crippen LogP contribution in [0.3, 0.4) is 0 Å². The van der Waals surface area contributed by atoms with E-state index < -0.39 is 21.2 Å². The van der Waals surface area contributed by atoms with Gasteiger partial charge in [0.1, 0.15) is 11.4 Å². The summed E-state index contributed by atoms with van der Waals surface area (Å²) in [6.45, 7) is 0. The van der Waals surface area contributed by atoms with Crippen LogP contribution in [0.25, 0.3) is 10.8 Å². The van der Waals surface area contributed by atoms with Crippen molar-refractivity contribution >= 4 is 43.3 Å². The third-order valence-electron chi connectivity index (χ3n) is 3.53. The molecule has 8 nitrogen and oxygen atoms in total. The van der Waals surface area contributed by atoms with E-state index in [4.69, 9.17) is 4.55 Å². The maximum absolute atomic E-state index is 11.2. The van der Waals surface area contributed by atoms with E-state index in [1.54, 1.807) is 0 Å². The molecule has 3 aromatic carbocycles. The summed E-state index contributed by atoms with van der Waals surface area (Å²) in [5, 5.41) is 18.8. The number of hydrogen-bond donors (Lipinski definition) is 2. The molecule has 0 spiro atoms. The number of hydrogen-bond acceptors (Lipinski definition) is 7. The lowest BCUT2D eigenvalue weighted by molar-refractivity contribution is 0.477. The summed E-state index contributed by atoms with van der Waals surface area (Å²) in [6, 6.07) is 12.3. The number of aromatic hydroxyl groups is 1. The quantitative estimate of drug-likeness (QED) is 0.397. The van der Waals surface area contributed by atoms with Gasteiger partial charge in [-0.2, -0.15) is 13.5 Å². The molecule has 0 bridgehead atoms. The Morgan fingerprint density at radius 2 is 1.65 bits per heavy atom. The second kappa shape index (κ2) is 6.92. The van der Waals surface area contributed by atoms with Crippen LogP contribution in [0.4, 0.5) is 11.4 Å². The average molecular weight is 391 g/mol. The molecule has 0 fully saturated rings. The minimum absolute atomic E-state index is 0.106. The second-order valence-corrected chi connectivity index (χ2v) is 7.58. The van der Waals surface area contributed by atoms with Gasteiger partial charge in [-0.3, -0.25) is 8.76 Å². The fraction of sp³-hybridized carbons (Fsp3) is 0. The lowest BCUT2D eigenvalue weighted by atomic mass is 10.1. The van der Waals surface area contributed by atoms with E-state index in [2.05, 4.69) is 10.2 Å². The van der Waals surface area contributed by atoms with Crippen LogP contribution in [-0.4, -0.2) is 26.8 Å². The lowest BCUT2D eigenvalue weighted by Crippen LogP contribution is -1.97. The molecule has 0 heterocycles. The van der Waals surface area contributed by atoms with Crippen LogP contribution in [-0.2, 0) is 21.2 Å². The lowest BCUT2D eigenvalue weighted by Gasteiger charge is -2.06. The van der Waals surface area contributed by atoms with Crippen molar-refractivity contribution in [1.29, 1.82) is 0 Å². The highest BCUT2D eigenvalue weighted by molar-refractivity contribution is 7.85. The second-order valence-electron chi connectivity index (χ2n) is 5.22. The first-order chi connectivity index (χ1) is 12.3. The molecule has 0 radical (unpaired) electrons. The summed E-state index contributed by atoms with van der Waals surface area (Å²) in [5.74, 6) is -0.168. The Hall–Kier alpha value is -2.66. The monoisotopic (exact) mass is 391 g/mol. The summed E-state index contributed by atoms with van der Waals surface area (Å²) in [5.41, 5.74) is 0.478. The molecule has 134 valence electrons. The van der Waals surface area contributed by atoms with E-state index in [9.17, 15) is 22.3 Å². The molecule has 0 aromatic heterocycles. The van der Waals surface area contributed by atoms with Crippen molar-refractivity contribution in [2.24, 2.45) is 10.2 Å². The zero-order chi connectivity index (χ0) is 18.9. The Balaban J connectivity index is 2.03. The van der Waals surface area contributed by atoms with Gasteiger partial charge in [0.2, 0.25) is 0 Å². The van der Waals surface area contributed by atoms with E-state index in [1.165, 1.54) is 54.6 Å². The van der Waals surface area contributed by atoms with Crippen molar-refractivity contribution in [2.45, 2.75) is 9.79 Å². The standard InChI is InChI=1S/C16H12N2O6S2/c19-15-8-1-10-9-13(26(22,23)24)6-7-14(10)16(15)18-17-11-2-4-12(5-3-11)25(20)21/h1-9,19H,(H,20,21)(H,22,23,24)/p-1. The Kier molecular flexibility index (Phi) is 4.83. The summed E-state index contributed by atoms with van der Waals surface area (Å²) < 4.78 is 53.3. The first kappa shape index (κ1) is 18.1. The summed E-state index contributed by atoms with van der Waals surface area (Å²) in [4.78, 5) is -0.172. The third kappa shape index (κ3) is 3.78. The fourth-order valence-corrected chi connectivity index (χ4v) is 3.15. The minimum atomic E-state index is -4.35. The SMILES string of the molecule is O=S([O-])c1ccc(N=Nc2c(O)ccc3cc(S(=O)(=O)O)ccc23)cc1. The highest BCUT2D eigenvalue weighted by atomic mass is 32.2. The van der Waals surface area contributed by atoms with E-state index in [0.717, 1.165) is 0 Å². The number of nitrogens with zero attached hydrogens (tertiary/aromatic N) is 2. The highest BCUT2D eigenvalue weighted by Crippen LogP contribution is 2.37. The molecular weight excluding hydrogens is 380 g/mol. The molecule has 0 amide bonds. The topological polar surface area (TPSA) is 139 Å². The molecular formula is C16H11N2O6S2-. The van der Waals surface area contributed by atoms with Crippen molar-refractivity contribution in [3.8, 4) is 5.75 Å². The minimum Gasteiger partial charge on any atom is -0.768 e. The maximum Gasteiger partial charge on any atom is 0.294 e. The number of rotatable bonds is 4. The molecule has 1 unspecified atom stereocenters. The van der Waals surface area contributed by atoms with Gasteiger partial charge >= 0.3 is 0 Å². The van der Waals surface area contributed by atoms with Crippen LogP contribution in [0.1, 0.15) is 0 Å². The van der Waals surface area contributed by atoms with Crippen LogP contribution in [0, 0.1) is 0 Å². The van der Waals surface area contributed by atoms with Crippen molar-refractivity contribution in [3.05, 3.63) is 54.6 Å². The van der Waals surface area contributed by atoms with Gasteiger partial charge in [-0.05, 0) is 58.9 Å². The predicted molar refractivity (Wildman–Crippen MR) is 93.2 cm³/mol. The van der Waals surface area contributed by atoms with Crippen molar-refractivity contribution in [3.63, 3.8) is 0 Å². The van der Waals surface area contributed by atoms with E-state index >= 15 is 0 Å². The van der Waals surface area contributed by atoms with Crippen LogP contribution in [0.15, 0.2) is 74.6 Å². The summed E-state index contributed by atoms with van der Waals surface area (Å²) in [6.07, 6.45) is 0. The van der Waals surface area contributed by atoms with Crippen LogP contribution in [0.2, 0.25) is 0 Å². The Labute approximate surface area is 150 Å². The molecule has 0 aliphatic carbocycles. The molecule has 10 heteroatoms. The van der Waals surface area contributed by atoms with Crippen LogP contribution < -0.4 is 0 Å². The third-order valence-corrected chi connectivity index (χ3v) is 5.04. The number of azo groups is 1. The van der Waals surface area contributed by atoms with E-state index in [1.807, 2.05) is 0 Å². The maximum atomic E-state index is 11.2. The van der Waals surface area contributed by atoms with Gasteiger partial charge < -0.3 is 9.66 Å². The molecule has 2 N–H and O–H groups in total. The molecule has 3 aromatic rings. The number of fused-ring (bicyclic) bond motifs is 1. The molecule has 1 atom stereocenters. The van der Waals surface area contributed by atoms with Crippen LogP contribution in [0.5, 0.6) is 5.75 Å². The molecule has 0 saturated carbocycles. The van der Waals surface area contributed by atoms with Gasteiger partial charge in [-0.25, -0.2) is 0 Å². The van der Waals surface area contributed by atoms with Gasteiger partial charge in [0.05, 0.1) is 10.6 Å². The van der Waals surface area contributed by atoms with E-state index in [0.29, 0.717) is 16.5 Å². The van der Waals surface area contributed by atoms with Crippen LogP contribution >= 0.6 is 0 Å². The Bertz CT molecular complexity index is 1140. The van der Waals surface area contributed by atoms with Crippen molar-refractivity contribution in [2.75, 3.05) is 0 Å². The van der Waals surface area contributed by atoms with Gasteiger partial charge in [0, 0.05) is 10.3 Å². The Morgan fingerprint density at radius 3 is 2.27 bits per heavy atom. The van der Waals surface area contributed by atoms with Gasteiger partial charge in [-0.1, -0.05) is 12.1 Å². The Morgan fingerprint density at radius 1 is 0.962 bits per heavy atom. The van der Waals surface area contributed by atoms with Gasteiger partial charge in [0.25, 0.3) is 10.1 Å². The normalized spacial score (nSPS) is 13.3. The summed E-state index contributed by atoms with van der Waals surface area (Å²) in [7, 11) is -4.35. The van der Waals surface area contributed by atoms with Gasteiger partial charge in [0.15, 0.2) is 0 Å². The van der Waals surface area contributed by atoms with E-state index in [-0.39, 0.29) is 21.2 Å². The fourth-order valence-electron chi connectivity index (χ4n) is 2.28. The highest BCUT2D eigenvalue weighted by Gasteiger charge is 2.13. The molecule has 3 rings (SSSR count). The smallest absolute Gasteiger partial charge is 0.294 e. The largest absolute Gasteiger partial charge is 0.768 e. The zero-order valence-corrected chi connectivity index (χ0v) is 14.6. The number of phenols is 1. The summed E-state index contributed by atoms with van der Waals surface area (Å²) >= 11 is -2.34. The van der Waals surface area contributed by atoms with Crippen molar-refractivity contribution < 1.29 is 26.8 Å². The number of phenolic OH excluding ortho intramolecular Hbond substituents is 1. The molecule has 0 aliphatic rings. The first-order valence-corrected chi connectivity index (χ1v) is 9.61. The van der Waals surface area contributed by atoms with Crippen molar-refractivity contribution in [1.82, 2.24) is 0 Å². The predicted octanol–water partition coefficient (Wildman–Crippen LogP) is 3.45. The molecule has 0 aliphatic heterocycles.